The van der Waals surface area contributed by atoms with Crippen LogP contribution in [0.1, 0.15) is 47.8 Å². The molecule has 1 spiro atoms. The molecule has 1 fully saturated rings. The summed E-state index contributed by atoms with van der Waals surface area (Å²) in [6, 6.07) is 5.08. The SMILES string of the molecule is CCOC(=O)c1cnn(-c2ccccc2C(F)(F)F)c1C1=CC2(CCN(C(=O)O)CC2)C1. The van der Waals surface area contributed by atoms with Crippen LogP contribution in [0.2, 0.25) is 0 Å². The van der Waals surface area contributed by atoms with Crippen LogP contribution in [-0.4, -0.2) is 51.5 Å². The third-order valence-electron chi connectivity index (χ3n) is 6.06. The molecule has 0 atom stereocenters. The number of esters is 1. The van der Waals surface area contributed by atoms with E-state index in [9.17, 15) is 22.8 Å². The van der Waals surface area contributed by atoms with Crippen LogP contribution in [0.5, 0.6) is 0 Å². The number of allylic oxidation sites excluding steroid dienone is 2. The zero-order valence-electron chi connectivity index (χ0n) is 17.4. The van der Waals surface area contributed by atoms with Crippen molar-refractivity contribution in [2.24, 2.45) is 5.41 Å². The minimum atomic E-state index is -4.59. The maximum absolute atomic E-state index is 13.6. The Morgan fingerprint density at radius 2 is 1.88 bits per heavy atom. The van der Waals surface area contributed by atoms with Gasteiger partial charge in [-0.1, -0.05) is 18.2 Å². The standard InChI is InChI=1S/C22H22F3N3O4/c1-2-32-19(29)15-13-26-28(17-6-4-3-5-16(17)22(23,24)25)18(15)14-11-21(12-14)7-9-27(10-8-21)20(30)31/h3-6,11,13H,2,7-10,12H2,1H3,(H,30,31). The number of carbonyl (C=O) groups is 2. The van der Waals surface area contributed by atoms with E-state index in [2.05, 4.69) is 5.10 Å². The number of para-hydroxylation sites is 1. The second-order valence-electron chi connectivity index (χ2n) is 8.03. The van der Waals surface area contributed by atoms with Crippen LogP contribution >= 0.6 is 0 Å². The number of carboxylic acid groups (broad SMARTS) is 1. The number of aromatic nitrogens is 2. The van der Waals surface area contributed by atoms with E-state index in [1.165, 1.54) is 29.3 Å². The number of halogens is 3. The molecule has 0 bridgehead atoms. The summed E-state index contributed by atoms with van der Waals surface area (Å²) in [4.78, 5) is 25.1. The minimum absolute atomic E-state index is 0.105. The zero-order valence-corrected chi connectivity index (χ0v) is 17.4. The second kappa shape index (κ2) is 7.99. The van der Waals surface area contributed by atoms with Gasteiger partial charge in [-0.15, -0.1) is 0 Å². The number of benzene rings is 1. The van der Waals surface area contributed by atoms with E-state index in [0.29, 0.717) is 37.9 Å². The summed E-state index contributed by atoms with van der Waals surface area (Å²) in [6.45, 7) is 2.55. The highest BCUT2D eigenvalue weighted by Crippen LogP contribution is 2.51. The van der Waals surface area contributed by atoms with Gasteiger partial charge in [0, 0.05) is 13.1 Å². The summed E-state index contributed by atoms with van der Waals surface area (Å²) in [5, 5.41) is 13.3. The third kappa shape index (κ3) is 3.85. The first kappa shape index (κ1) is 21.9. The van der Waals surface area contributed by atoms with Crippen LogP contribution < -0.4 is 0 Å². The predicted octanol–water partition coefficient (Wildman–Crippen LogP) is 4.62. The Labute approximate surface area is 182 Å². The molecule has 1 aromatic carbocycles. The Kier molecular flexibility index (Phi) is 5.47. The molecule has 1 N–H and O–H groups in total. The van der Waals surface area contributed by atoms with Crippen LogP contribution in [0.25, 0.3) is 11.3 Å². The molecule has 1 aromatic heterocycles. The Balaban J connectivity index is 1.75. The molecule has 7 nitrogen and oxygen atoms in total. The van der Waals surface area contributed by atoms with Gasteiger partial charge in [0.2, 0.25) is 0 Å². The normalized spacial score (nSPS) is 17.6. The smallest absolute Gasteiger partial charge is 0.418 e. The number of amides is 1. The van der Waals surface area contributed by atoms with Crippen molar-refractivity contribution < 1.29 is 32.6 Å². The van der Waals surface area contributed by atoms with E-state index in [4.69, 9.17) is 9.84 Å². The predicted molar refractivity (Wildman–Crippen MR) is 108 cm³/mol. The van der Waals surface area contributed by atoms with Gasteiger partial charge in [0.05, 0.1) is 29.7 Å². The van der Waals surface area contributed by atoms with Gasteiger partial charge in [-0.3, -0.25) is 0 Å². The molecule has 1 saturated heterocycles. The van der Waals surface area contributed by atoms with Gasteiger partial charge in [-0.25, -0.2) is 14.3 Å². The molecule has 2 aromatic rings. The Morgan fingerprint density at radius 1 is 1.22 bits per heavy atom. The molecule has 170 valence electrons. The van der Waals surface area contributed by atoms with E-state index in [-0.39, 0.29) is 29.0 Å². The fraction of sp³-hybridized carbons (Fsp3) is 0.409. The molecular weight excluding hydrogens is 427 g/mol. The Morgan fingerprint density at radius 3 is 2.47 bits per heavy atom. The summed E-state index contributed by atoms with van der Waals surface area (Å²) >= 11 is 0. The maximum atomic E-state index is 13.6. The lowest BCUT2D eigenvalue weighted by atomic mass is 9.64. The van der Waals surface area contributed by atoms with Gasteiger partial charge >= 0.3 is 18.2 Å². The van der Waals surface area contributed by atoms with E-state index in [0.717, 1.165) is 10.7 Å². The Bertz CT molecular complexity index is 1080. The van der Waals surface area contributed by atoms with E-state index in [1.54, 1.807) is 6.92 Å². The third-order valence-corrected chi connectivity index (χ3v) is 6.06. The highest BCUT2D eigenvalue weighted by Gasteiger charge is 2.43. The largest absolute Gasteiger partial charge is 0.465 e. The summed E-state index contributed by atoms with van der Waals surface area (Å²) in [5.74, 6) is -0.652. The minimum Gasteiger partial charge on any atom is -0.465 e. The fourth-order valence-electron chi connectivity index (χ4n) is 4.43. The highest BCUT2D eigenvalue weighted by molar-refractivity contribution is 5.95. The van der Waals surface area contributed by atoms with E-state index < -0.39 is 23.8 Å². The number of alkyl halides is 3. The number of likely N-dealkylation sites (tertiary alicyclic amines) is 1. The average Bonchev–Trinajstić information content (AvgIpc) is 3.16. The highest BCUT2D eigenvalue weighted by atomic mass is 19.4. The number of carbonyl (C=O) groups excluding carboxylic acids is 1. The molecule has 2 heterocycles. The van der Waals surface area contributed by atoms with Crippen LogP contribution in [0.3, 0.4) is 0 Å². The second-order valence-corrected chi connectivity index (χ2v) is 8.03. The van der Waals surface area contributed by atoms with Gasteiger partial charge in [0.15, 0.2) is 0 Å². The van der Waals surface area contributed by atoms with Crippen molar-refractivity contribution in [3.63, 3.8) is 0 Å². The fourth-order valence-corrected chi connectivity index (χ4v) is 4.43. The van der Waals surface area contributed by atoms with Crippen molar-refractivity contribution in [3.8, 4) is 5.69 Å². The Hall–Kier alpha value is -3.30. The van der Waals surface area contributed by atoms with Crippen molar-refractivity contribution in [1.29, 1.82) is 0 Å². The number of rotatable bonds is 4. The summed E-state index contributed by atoms with van der Waals surface area (Å²) in [5.41, 5.74) is -0.172. The number of nitrogens with zero attached hydrogens (tertiary/aromatic N) is 3. The van der Waals surface area contributed by atoms with E-state index >= 15 is 0 Å². The van der Waals surface area contributed by atoms with Crippen LogP contribution in [0, 0.1) is 5.41 Å². The van der Waals surface area contributed by atoms with Crippen LogP contribution in [0.4, 0.5) is 18.0 Å². The lowest BCUT2D eigenvalue weighted by Gasteiger charge is -2.45. The molecule has 1 aliphatic carbocycles. The van der Waals surface area contributed by atoms with Crippen molar-refractivity contribution in [2.75, 3.05) is 19.7 Å². The number of hydrogen-bond acceptors (Lipinski definition) is 4. The van der Waals surface area contributed by atoms with Gasteiger partial charge in [-0.05, 0) is 49.3 Å². The first-order valence-corrected chi connectivity index (χ1v) is 10.3. The van der Waals surface area contributed by atoms with Gasteiger partial charge in [-0.2, -0.15) is 18.3 Å². The molecule has 0 unspecified atom stereocenters. The number of ether oxygens (including phenoxy) is 1. The molecule has 1 amide bonds. The topological polar surface area (TPSA) is 84.7 Å². The van der Waals surface area contributed by atoms with Crippen molar-refractivity contribution >= 4 is 17.6 Å². The quantitative estimate of drug-likeness (QED) is 0.689. The van der Waals surface area contributed by atoms with Gasteiger partial charge < -0.3 is 14.7 Å². The first-order valence-electron chi connectivity index (χ1n) is 10.3. The van der Waals surface area contributed by atoms with Gasteiger partial charge in [0.25, 0.3) is 0 Å². The molecular formula is C22H22F3N3O4. The number of hydrogen-bond donors (Lipinski definition) is 1. The molecule has 10 heteroatoms. The summed E-state index contributed by atoms with van der Waals surface area (Å²) < 4.78 is 47.2. The molecule has 4 rings (SSSR count). The van der Waals surface area contributed by atoms with Crippen LogP contribution in [0.15, 0.2) is 36.5 Å². The zero-order chi connectivity index (χ0) is 23.1. The lowest BCUT2D eigenvalue weighted by molar-refractivity contribution is -0.137. The molecule has 2 aliphatic rings. The lowest BCUT2D eigenvalue weighted by Crippen LogP contribution is -2.44. The van der Waals surface area contributed by atoms with Crippen LogP contribution in [-0.2, 0) is 10.9 Å². The molecule has 32 heavy (non-hydrogen) atoms. The average molecular weight is 449 g/mol. The molecule has 0 radical (unpaired) electrons. The van der Waals surface area contributed by atoms with Crippen molar-refractivity contribution in [3.05, 3.63) is 53.4 Å². The summed E-state index contributed by atoms with van der Waals surface area (Å²) in [7, 11) is 0. The first-order chi connectivity index (χ1) is 15.1. The molecule has 1 aliphatic heterocycles. The maximum Gasteiger partial charge on any atom is 0.418 e. The number of piperidine rings is 1. The monoisotopic (exact) mass is 449 g/mol. The van der Waals surface area contributed by atoms with Crippen molar-refractivity contribution in [1.82, 2.24) is 14.7 Å². The molecule has 0 saturated carbocycles. The van der Waals surface area contributed by atoms with E-state index in [1.807, 2.05) is 6.08 Å². The summed E-state index contributed by atoms with van der Waals surface area (Å²) in [6.07, 6.45) is -0.627. The van der Waals surface area contributed by atoms with Gasteiger partial charge in [0.1, 0.15) is 5.56 Å². The van der Waals surface area contributed by atoms with Crippen molar-refractivity contribution in [2.45, 2.75) is 32.4 Å².